The molecule has 1 fully saturated rings. The smallest absolute Gasteiger partial charge is 0.0852 e. The van der Waals surface area contributed by atoms with Crippen LogP contribution in [0.1, 0.15) is 31.7 Å². The van der Waals surface area contributed by atoms with Crippen molar-refractivity contribution in [2.75, 3.05) is 19.8 Å². The van der Waals surface area contributed by atoms with Crippen LogP contribution in [-0.2, 0) is 10.2 Å². The normalized spacial score (nSPS) is 25.6. The van der Waals surface area contributed by atoms with E-state index in [0.717, 1.165) is 44.6 Å². The lowest BCUT2D eigenvalue weighted by Crippen LogP contribution is -2.51. The second-order valence-electron chi connectivity index (χ2n) is 5.17. The lowest BCUT2D eigenvalue weighted by molar-refractivity contribution is 0.140. The van der Waals surface area contributed by atoms with Crippen LogP contribution < -0.4 is 5.32 Å². The first kappa shape index (κ1) is 14.0. The van der Waals surface area contributed by atoms with E-state index < -0.39 is 0 Å². The van der Waals surface area contributed by atoms with E-state index in [1.807, 2.05) is 25.1 Å². The van der Waals surface area contributed by atoms with Crippen LogP contribution in [0.3, 0.4) is 0 Å². The van der Waals surface area contributed by atoms with E-state index in [-0.39, 0.29) is 5.41 Å². The van der Waals surface area contributed by atoms with Gasteiger partial charge in [-0.15, -0.1) is 0 Å². The van der Waals surface area contributed by atoms with Crippen molar-refractivity contribution in [2.24, 2.45) is 0 Å². The minimum Gasteiger partial charge on any atom is -0.382 e. The molecular formula is C16H22N2O. The highest BCUT2D eigenvalue weighted by Crippen LogP contribution is 2.43. The molecular weight excluding hydrogens is 236 g/mol. The summed E-state index contributed by atoms with van der Waals surface area (Å²) in [7, 11) is 0. The molecule has 1 saturated carbocycles. The number of benzene rings is 1. The van der Waals surface area contributed by atoms with Gasteiger partial charge in [-0.2, -0.15) is 5.26 Å². The zero-order chi connectivity index (χ0) is 13.6. The Morgan fingerprint density at radius 3 is 2.74 bits per heavy atom. The summed E-state index contributed by atoms with van der Waals surface area (Å²) in [6.07, 6.45) is 2.87. The van der Waals surface area contributed by atoms with Crippen LogP contribution in [0, 0.1) is 11.3 Å². The van der Waals surface area contributed by atoms with Gasteiger partial charge < -0.3 is 10.1 Å². The van der Waals surface area contributed by atoms with Crippen molar-refractivity contribution in [1.82, 2.24) is 5.32 Å². The molecule has 1 aliphatic rings. The van der Waals surface area contributed by atoms with Gasteiger partial charge in [0.15, 0.2) is 0 Å². The van der Waals surface area contributed by atoms with Gasteiger partial charge >= 0.3 is 0 Å². The quantitative estimate of drug-likeness (QED) is 0.765. The molecule has 0 spiro atoms. The van der Waals surface area contributed by atoms with E-state index in [0.29, 0.717) is 6.04 Å². The van der Waals surface area contributed by atoms with Crippen LogP contribution >= 0.6 is 0 Å². The van der Waals surface area contributed by atoms with Gasteiger partial charge in [-0.25, -0.2) is 0 Å². The molecule has 0 aliphatic heterocycles. The van der Waals surface area contributed by atoms with Gasteiger partial charge in [0.1, 0.15) is 0 Å². The highest BCUT2D eigenvalue weighted by atomic mass is 16.5. The summed E-state index contributed by atoms with van der Waals surface area (Å²) in [5.74, 6) is 0. The molecule has 0 aromatic heterocycles. The maximum absolute atomic E-state index is 9.45. The SMILES string of the molecule is CCOCCCNC1CC(C#N)(c2ccccc2)C1. The average molecular weight is 258 g/mol. The van der Waals surface area contributed by atoms with E-state index in [1.165, 1.54) is 0 Å². The second kappa shape index (κ2) is 6.70. The van der Waals surface area contributed by atoms with Crippen molar-refractivity contribution in [2.45, 2.75) is 37.6 Å². The van der Waals surface area contributed by atoms with E-state index in [1.54, 1.807) is 0 Å². The number of rotatable bonds is 7. The van der Waals surface area contributed by atoms with Crippen molar-refractivity contribution in [3.63, 3.8) is 0 Å². The fourth-order valence-corrected chi connectivity index (χ4v) is 2.70. The average Bonchev–Trinajstić information content (AvgIpc) is 2.42. The minimum absolute atomic E-state index is 0.265. The maximum Gasteiger partial charge on any atom is 0.0852 e. The third-order valence-corrected chi connectivity index (χ3v) is 3.83. The Balaban J connectivity index is 1.76. The van der Waals surface area contributed by atoms with Crippen molar-refractivity contribution in [3.05, 3.63) is 35.9 Å². The van der Waals surface area contributed by atoms with Gasteiger partial charge in [0.05, 0.1) is 11.5 Å². The van der Waals surface area contributed by atoms with Crippen LogP contribution in [-0.4, -0.2) is 25.8 Å². The Bertz CT molecular complexity index is 418. The first-order valence-electron chi connectivity index (χ1n) is 7.08. The topological polar surface area (TPSA) is 45.0 Å². The minimum atomic E-state index is -0.265. The van der Waals surface area contributed by atoms with Gasteiger partial charge in [0, 0.05) is 19.3 Å². The number of nitrogens with zero attached hydrogens (tertiary/aromatic N) is 1. The molecule has 3 nitrogen and oxygen atoms in total. The summed E-state index contributed by atoms with van der Waals surface area (Å²) >= 11 is 0. The van der Waals surface area contributed by atoms with Crippen LogP contribution in [0.2, 0.25) is 0 Å². The largest absolute Gasteiger partial charge is 0.382 e. The Hall–Kier alpha value is -1.37. The van der Waals surface area contributed by atoms with Gasteiger partial charge in [0.2, 0.25) is 0 Å². The Kier molecular flexibility index (Phi) is 4.95. The third-order valence-electron chi connectivity index (χ3n) is 3.83. The summed E-state index contributed by atoms with van der Waals surface area (Å²) in [4.78, 5) is 0. The molecule has 0 unspecified atom stereocenters. The molecule has 0 heterocycles. The summed E-state index contributed by atoms with van der Waals surface area (Å²) < 4.78 is 5.31. The molecule has 0 atom stereocenters. The maximum atomic E-state index is 9.45. The van der Waals surface area contributed by atoms with Crippen LogP contribution in [0.25, 0.3) is 0 Å². The third kappa shape index (κ3) is 3.34. The molecule has 102 valence electrons. The molecule has 1 N–H and O–H groups in total. The zero-order valence-corrected chi connectivity index (χ0v) is 11.6. The van der Waals surface area contributed by atoms with Crippen LogP contribution in [0.15, 0.2) is 30.3 Å². The Morgan fingerprint density at radius 1 is 1.37 bits per heavy atom. The molecule has 2 rings (SSSR count). The number of nitrogens with one attached hydrogen (secondary N) is 1. The van der Waals surface area contributed by atoms with Crippen LogP contribution in [0.5, 0.6) is 0 Å². The zero-order valence-electron chi connectivity index (χ0n) is 11.6. The predicted molar refractivity (Wildman–Crippen MR) is 75.9 cm³/mol. The van der Waals surface area contributed by atoms with Crippen LogP contribution in [0.4, 0.5) is 0 Å². The van der Waals surface area contributed by atoms with Gasteiger partial charge in [-0.1, -0.05) is 30.3 Å². The number of hydrogen-bond acceptors (Lipinski definition) is 3. The van der Waals surface area contributed by atoms with E-state index >= 15 is 0 Å². The number of hydrogen-bond donors (Lipinski definition) is 1. The first-order chi connectivity index (χ1) is 9.30. The fraction of sp³-hybridized carbons (Fsp3) is 0.562. The van der Waals surface area contributed by atoms with Crippen molar-refractivity contribution in [3.8, 4) is 6.07 Å². The summed E-state index contributed by atoms with van der Waals surface area (Å²) in [5, 5.41) is 13.0. The number of ether oxygens (including phenoxy) is 1. The fourth-order valence-electron chi connectivity index (χ4n) is 2.70. The number of nitriles is 1. The standard InChI is InChI=1S/C16H22N2O/c1-2-19-10-6-9-18-15-11-16(12-15,13-17)14-7-4-3-5-8-14/h3-5,7-8,15,18H,2,6,9-12H2,1H3. The molecule has 1 aromatic rings. The predicted octanol–water partition coefficient (Wildman–Crippen LogP) is 2.63. The highest BCUT2D eigenvalue weighted by Gasteiger charge is 2.45. The van der Waals surface area contributed by atoms with Crippen molar-refractivity contribution >= 4 is 0 Å². The highest BCUT2D eigenvalue weighted by molar-refractivity contribution is 5.36. The van der Waals surface area contributed by atoms with Gasteiger partial charge in [-0.05, 0) is 38.3 Å². The molecule has 1 aliphatic carbocycles. The summed E-state index contributed by atoms with van der Waals surface area (Å²) in [6, 6.07) is 13.1. The Labute approximate surface area is 115 Å². The second-order valence-corrected chi connectivity index (χ2v) is 5.17. The summed E-state index contributed by atoms with van der Waals surface area (Å²) in [5.41, 5.74) is 0.892. The molecule has 1 aromatic carbocycles. The first-order valence-corrected chi connectivity index (χ1v) is 7.08. The van der Waals surface area contributed by atoms with Crippen molar-refractivity contribution < 1.29 is 4.74 Å². The van der Waals surface area contributed by atoms with Gasteiger partial charge in [0.25, 0.3) is 0 Å². The van der Waals surface area contributed by atoms with E-state index in [4.69, 9.17) is 4.74 Å². The lowest BCUT2D eigenvalue weighted by Gasteiger charge is -2.43. The Morgan fingerprint density at radius 2 is 2.11 bits per heavy atom. The molecule has 3 heteroatoms. The van der Waals surface area contributed by atoms with E-state index in [2.05, 4.69) is 23.5 Å². The molecule has 0 radical (unpaired) electrons. The molecule has 0 amide bonds. The van der Waals surface area contributed by atoms with E-state index in [9.17, 15) is 5.26 Å². The summed E-state index contributed by atoms with van der Waals surface area (Å²) in [6.45, 7) is 4.59. The molecule has 0 saturated heterocycles. The van der Waals surface area contributed by atoms with Crippen molar-refractivity contribution in [1.29, 1.82) is 5.26 Å². The van der Waals surface area contributed by atoms with Gasteiger partial charge in [-0.3, -0.25) is 0 Å². The molecule has 19 heavy (non-hydrogen) atoms. The molecule has 0 bridgehead atoms. The monoisotopic (exact) mass is 258 g/mol. The lowest BCUT2D eigenvalue weighted by atomic mass is 9.62.